The molecule has 1 fully saturated rings. The van der Waals surface area contributed by atoms with Crippen molar-refractivity contribution in [3.8, 4) is 0 Å². The minimum Gasteiger partial charge on any atom is -0.366 e. The van der Waals surface area contributed by atoms with Crippen molar-refractivity contribution < 1.29 is 0 Å². The number of anilines is 1. The zero-order valence-corrected chi connectivity index (χ0v) is 12.3. The lowest BCUT2D eigenvalue weighted by atomic mass is 9.95. The van der Waals surface area contributed by atoms with E-state index in [1.54, 1.807) is 0 Å². The maximum absolute atomic E-state index is 4.27. The first-order valence-corrected chi connectivity index (χ1v) is 7.86. The molecule has 3 heterocycles. The molecule has 2 aliphatic heterocycles. The summed E-state index contributed by atoms with van der Waals surface area (Å²) in [6, 6.07) is 13.7. The van der Waals surface area contributed by atoms with E-state index in [0.29, 0.717) is 6.04 Å². The Morgan fingerprint density at radius 1 is 1.10 bits per heavy atom. The molecule has 0 bridgehead atoms. The Morgan fingerprint density at radius 3 is 2.90 bits per heavy atom. The van der Waals surface area contributed by atoms with Crippen molar-refractivity contribution in [1.29, 1.82) is 0 Å². The minimum absolute atomic E-state index is 0.664. The number of nitrogens with zero attached hydrogens (tertiary/aromatic N) is 3. The van der Waals surface area contributed by atoms with Gasteiger partial charge in [0.25, 0.3) is 0 Å². The Hall–Kier alpha value is -1.87. The van der Waals surface area contributed by atoms with Gasteiger partial charge in [0.2, 0.25) is 0 Å². The predicted molar refractivity (Wildman–Crippen MR) is 85.4 cm³/mol. The molecule has 4 rings (SSSR count). The van der Waals surface area contributed by atoms with Gasteiger partial charge in [-0.2, -0.15) is 0 Å². The first-order chi connectivity index (χ1) is 10.4. The number of pyridine rings is 1. The fourth-order valence-corrected chi connectivity index (χ4v) is 3.68. The van der Waals surface area contributed by atoms with Gasteiger partial charge in [-0.1, -0.05) is 30.3 Å². The molecule has 3 nitrogen and oxygen atoms in total. The van der Waals surface area contributed by atoms with Gasteiger partial charge in [-0.15, -0.1) is 0 Å². The van der Waals surface area contributed by atoms with Crippen LogP contribution in [0.15, 0.2) is 48.8 Å². The quantitative estimate of drug-likeness (QED) is 0.842. The number of aryl methyl sites for hydroxylation is 1. The van der Waals surface area contributed by atoms with Crippen molar-refractivity contribution in [2.45, 2.75) is 25.4 Å². The lowest BCUT2D eigenvalue weighted by Crippen LogP contribution is -2.54. The molecule has 21 heavy (non-hydrogen) atoms. The summed E-state index contributed by atoms with van der Waals surface area (Å²) in [5.74, 6) is 0. The van der Waals surface area contributed by atoms with E-state index in [1.807, 2.05) is 12.4 Å². The molecule has 2 aromatic rings. The van der Waals surface area contributed by atoms with Crippen LogP contribution in [0.3, 0.4) is 0 Å². The van der Waals surface area contributed by atoms with Gasteiger partial charge >= 0.3 is 0 Å². The van der Waals surface area contributed by atoms with Crippen molar-refractivity contribution in [3.63, 3.8) is 0 Å². The Morgan fingerprint density at radius 2 is 2.00 bits per heavy atom. The number of benzene rings is 1. The van der Waals surface area contributed by atoms with Crippen LogP contribution in [-0.2, 0) is 13.0 Å². The van der Waals surface area contributed by atoms with E-state index in [1.165, 1.54) is 36.2 Å². The van der Waals surface area contributed by atoms with Crippen LogP contribution in [0.25, 0.3) is 0 Å². The monoisotopic (exact) mass is 279 g/mol. The number of aromatic nitrogens is 1. The van der Waals surface area contributed by atoms with Crippen molar-refractivity contribution in [1.82, 2.24) is 9.88 Å². The van der Waals surface area contributed by atoms with Crippen LogP contribution in [0.5, 0.6) is 0 Å². The Bertz CT molecular complexity index is 611. The molecule has 0 radical (unpaired) electrons. The normalized spacial score (nSPS) is 21.7. The van der Waals surface area contributed by atoms with Gasteiger partial charge in [0.15, 0.2) is 0 Å². The maximum atomic E-state index is 4.27. The molecule has 0 unspecified atom stereocenters. The maximum Gasteiger partial charge on any atom is 0.0433 e. The van der Waals surface area contributed by atoms with Crippen molar-refractivity contribution in [2.24, 2.45) is 0 Å². The SMILES string of the molecule is c1ccc(CN2CCN3c4ccncc4CC[C@@H]3C2)cc1. The fourth-order valence-electron chi connectivity index (χ4n) is 3.68. The van der Waals surface area contributed by atoms with Gasteiger partial charge in [-0.05, 0) is 30.0 Å². The Labute approximate surface area is 126 Å². The summed E-state index contributed by atoms with van der Waals surface area (Å²) in [7, 11) is 0. The lowest BCUT2D eigenvalue weighted by Gasteiger charge is -2.46. The summed E-state index contributed by atoms with van der Waals surface area (Å²) in [6.07, 6.45) is 6.40. The molecule has 2 aliphatic rings. The molecule has 1 aromatic carbocycles. The summed E-state index contributed by atoms with van der Waals surface area (Å²) in [5, 5.41) is 0. The number of hydrogen-bond donors (Lipinski definition) is 0. The van der Waals surface area contributed by atoms with Gasteiger partial charge in [0.05, 0.1) is 0 Å². The third kappa shape index (κ3) is 2.54. The molecule has 0 spiro atoms. The van der Waals surface area contributed by atoms with Crippen LogP contribution >= 0.6 is 0 Å². The second-order valence-electron chi connectivity index (χ2n) is 6.11. The Balaban J connectivity index is 1.48. The van der Waals surface area contributed by atoms with Crippen LogP contribution in [0.4, 0.5) is 5.69 Å². The molecule has 0 aliphatic carbocycles. The van der Waals surface area contributed by atoms with Crippen LogP contribution in [0.1, 0.15) is 17.5 Å². The van der Waals surface area contributed by atoms with Crippen LogP contribution < -0.4 is 4.90 Å². The van der Waals surface area contributed by atoms with Gasteiger partial charge in [-0.25, -0.2) is 0 Å². The zero-order valence-electron chi connectivity index (χ0n) is 12.3. The van der Waals surface area contributed by atoms with Crippen molar-refractivity contribution >= 4 is 5.69 Å². The van der Waals surface area contributed by atoms with Crippen molar-refractivity contribution in [2.75, 3.05) is 24.5 Å². The van der Waals surface area contributed by atoms with E-state index in [9.17, 15) is 0 Å². The minimum atomic E-state index is 0.664. The predicted octanol–water partition coefficient (Wildman–Crippen LogP) is 2.72. The highest BCUT2D eigenvalue weighted by molar-refractivity contribution is 5.55. The van der Waals surface area contributed by atoms with Gasteiger partial charge in [0.1, 0.15) is 0 Å². The number of fused-ring (bicyclic) bond motifs is 3. The summed E-state index contributed by atoms with van der Waals surface area (Å²) < 4.78 is 0. The number of hydrogen-bond acceptors (Lipinski definition) is 3. The molecule has 0 amide bonds. The average molecular weight is 279 g/mol. The van der Waals surface area contributed by atoms with Gasteiger partial charge < -0.3 is 4.90 Å². The average Bonchev–Trinajstić information content (AvgIpc) is 2.55. The molecule has 3 heteroatoms. The van der Waals surface area contributed by atoms with Crippen molar-refractivity contribution in [3.05, 3.63) is 59.9 Å². The zero-order chi connectivity index (χ0) is 14.1. The van der Waals surface area contributed by atoms with Gasteiger partial charge in [0, 0.05) is 50.3 Å². The van der Waals surface area contributed by atoms with Crippen LogP contribution in [0, 0.1) is 0 Å². The molecule has 0 saturated carbocycles. The summed E-state index contributed by atoms with van der Waals surface area (Å²) >= 11 is 0. The molecular weight excluding hydrogens is 258 g/mol. The highest BCUT2D eigenvalue weighted by atomic mass is 15.3. The molecular formula is C18H21N3. The molecule has 0 N–H and O–H groups in total. The lowest BCUT2D eigenvalue weighted by molar-refractivity contribution is 0.206. The molecule has 1 aromatic heterocycles. The highest BCUT2D eigenvalue weighted by Gasteiger charge is 2.31. The third-order valence-electron chi connectivity index (χ3n) is 4.75. The number of piperazine rings is 1. The first kappa shape index (κ1) is 12.8. The summed E-state index contributed by atoms with van der Waals surface area (Å²) in [6.45, 7) is 4.53. The van der Waals surface area contributed by atoms with Gasteiger partial charge in [-0.3, -0.25) is 9.88 Å². The second-order valence-corrected chi connectivity index (χ2v) is 6.11. The first-order valence-electron chi connectivity index (χ1n) is 7.86. The fraction of sp³-hybridized carbons (Fsp3) is 0.389. The third-order valence-corrected chi connectivity index (χ3v) is 4.75. The van der Waals surface area contributed by atoms with E-state index in [4.69, 9.17) is 0 Å². The number of rotatable bonds is 2. The Kier molecular flexibility index (Phi) is 3.36. The summed E-state index contributed by atoms with van der Waals surface area (Å²) in [4.78, 5) is 9.47. The largest absolute Gasteiger partial charge is 0.366 e. The summed E-state index contributed by atoms with van der Waals surface area (Å²) in [5.41, 5.74) is 4.26. The standard InChI is InChI=1S/C18H21N3/c1-2-4-15(5-3-1)13-20-10-11-21-17(14-20)7-6-16-12-19-9-8-18(16)21/h1-5,8-9,12,17H,6-7,10-11,13-14H2/t17-/m1/s1. The highest BCUT2D eigenvalue weighted by Crippen LogP contribution is 2.32. The smallest absolute Gasteiger partial charge is 0.0433 e. The van der Waals surface area contributed by atoms with Crippen LogP contribution in [0.2, 0.25) is 0 Å². The van der Waals surface area contributed by atoms with E-state index in [-0.39, 0.29) is 0 Å². The molecule has 1 saturated heterocycles. The van der Waals surface area contributed by atoms with E-state index in [2.05, 4.69) is 51.2 Å². The van der Waals surface area contributed by atoms with E-state index >= 15 is 0 Å². The molecule has 108 valence electrons. The second kappa shape index (κ2) is 5.49. The van der Waals surface area contributed by atoms with E-state index in [0.717, 1.165) is 19.6 Å². The van der Waals surface area contributed by atoms with E-state index < -0.39 is 0 Å². The topological polar surface area (TPSA) is 19.4 Å². The molecule has 1 atom stereocenters. The van der Waals surface area contributed by atoms with Crippen LogP contribution in [-0.4, -0.2) is 35.6 Å².